The summed E-state index contributed by atoms with van der Waals surface area (Å²) in [5.41, 5.74) is 4.07. The summed E-state index contributed by atoms with van der Waals surface area (Å²) in [7, 11) is 3.03. The van der Waals surface area contributed by atoms with Gasteiger partial charge in [-0.3, -0.25) is 0 Å². The minimum atomic E-state index is -1.58. The lowest BCUT2D eigenvalue weighted by molar-refractivity contribution is -0.193. The van der Waals surface area contributed by atoms with Crippen molar-refractivity contribution in [2.75, 3.05) is 20.8 Å². The number of para-hydroxylation sites is 1. The average Bonchev–Trinajstić information content (AvgIpc) is 3.04. The van der Waals surface area contributed by atoms with Crippen LogP contribution in [0.4, 0.5) is 0 Å². The second-order valence-electron chi connectivity index (χ2n) is 6.67. The number of ether oxygens (including phenoxy) is 4. The molecule has 0 radical (unpaired) electrons. The van der Waals surface area contributed by atoms with Gasteiger partial charge in [-0.05, 0) is 13.0 Å². The zero-order chi connectivity index (χ0) is 18.7. The number of aliphatic imine (C=N–C) groups is 1. The number of hydrogen-bond acceptors (Lipinski definition) is 8. The van der Waals surface area contributed by atoms with Gasteiger partial charge in [0.1, 0.15) is 11.3 Å². The summed E-state index contributed by atoms with van der Waals surface area (Å²) in [6, 6.07) is 9.81. The Morgan fingerprint density at radius 3 is 2.58 bits per heavy atom. The second kappa shape index (κ2) is 5.10. The minimum Gasteiger partial charge on any atom is -0.493 e. The van der Waals surface area contributed by atoms with Crippen molar-refractivity contribution in [3.63, 3.8) is 0 Å². The molecule has 1 aliphatic carbocycles. The Hall–Kier alpha value is -2.81. The number of nitriles is 2. The maximum Gasteiger partial charge on any atom is 0.293 e. The van der Waals surface area contributed by atoms with E-state index >= 15 is 0 Å². The van der Waals surface area contributed by atoms with Crippen LogP contribution in [0.15, 0.2) is 23.2 Å². The Bertz CT molecular complexity index is 903. The van der Waals surface area contributed by atoms with E-state index in [9.17, 15) is 10.5 Å². The lowest BCUT2D eigenvalue weighted by Gasteiger charge is -2.26. The third-order valence-corrected chi connectivity index (χ3v) is 5.55. The molecule has 1 spiro atoms. The monoisotopic (exact) mass is 354 g/mol. The van der Waals surface area contributed by atoms with E-state index in [0.29, 0.717) is 17.1 Å². The summed E-state index contributed by atoms with van der Waals surface area (Å²) in [4.78, 5) is 4.29. The summed E-state index contributed by atoms with van der Waals surface area (Å²) in [6.45, 7) is 2.09. The molecule has 2 N–H and O–H groups in total. The van der Waals surface area contributed by atoms with Crippen molar-refractivity contribution in [3.05, 3.63) is 23.8 Å². The van der Waals surface area contributed by atoms with Gasteiger partial charge >= 0.3 is 0 Å². The van der Waals surface area contributed by atoms with Gasteiger partial charge < -0.3 is 24.7 Å². The Morgan fingerprint density at radius 1 is 1.27 bits per heavy atom. The van der Waals surface area contributed by atoms with Crippen LogP contribution < -0.4 is 15.2 Å². The molecule has 5 atom stereocenters. The number of hydrogen-bond donors (Lipinski definition) is 1. The highest BCUT2D eigenvalue weighted by Gasteiger charge is 2.94. The molecule has 0 bridgehead atoms. The van der Waals surface area contributed by atoms with Gasteiger partial charge in [-0.15, -0.1) is 0 Å². The number of nitrogens with zero attached hydrogens (tertiary/aromatic N) is 3. The van der Waals surface area contributed by atoms with Gasteiger partial charge in [0.15, 0.2) is 16.9 Å². The molecule has 3 aliphatic rings. The molecular weight excluding hydrogens is 336 g/mol. The molecule has 0 unspecified atom stereocenters. The molecule has 0 aromatic heterocycles. The average molecular weight is 354 g/mol. The van der Waals surface area contributed by atoms with Crippen LogP contribution in [0.3, 0.4) is 0 Å². The maximum atomic E-state index is 10.2. The largest absolute Gasteiger partial charge is 0.493 e. The smallest absolute Gasteiger partial charge is 0.293 e. The Kier molecular flexibility index (Phi) is 3.27. The molecular formula is C18H18N4O4. The molecule has 1 aromatic rings. The molecule has 26 heavy (non-hydrogen) atoms. The fraction of sp³-hybridized carbons (Fsp3) is 0.500. The zero-order valence-electron chi connectivity index (χ0n) is 14.6. The minimum absolute atomic E-state index is 0.0468. The number of methoxy groups -OCH3 is 2. The van der Waals surface area contributed by atoms with E-state index in [4.69, 9.17) is 24.7 Å². The van der Waals surface area contributed by atoms with Gasteiger partial charge in [-0.2, -0.15) is 10.5 Å². The summed E-state index contributed by atoms with van der Waals surface area (Å²) in [6.07, 6.45) is -0.264. The summed E-state index contributed by atoms with van der Waals surface area (Å²) in [5, 5.41) is 20.2. The van der Waals surface area contributed by atoms with E-state index in [-0.39, 0.29) is 18.5 Å². The van der Waals surface area contributed by atoms with E-state index in [1.807, 2.05) is 6.92 Å². The molecule has 134 valence electrons. The van der Waals surface area contributed by atoms with Crippen LogP contribution in [-0.2, 0) is 9.47 Å². The fourth-order valence-electron chi connectivity index (χ4n) is 4.47. The molecule has 1 saturated carbocycles. The van der Waals surface area contributed by atoms with Crippen LogP contribution in [0.1, 0.15) is 18.4 Å². The number of rotatable bonds is 3. The molecule has 1 saturated heterocycles. The number of amidine groups is 1. The molecule has 2 aliphatic heterocycles. The van der Waals surface area contributed by atoms with Crippen LogP contribution >= 0.6 is 0 Å². The van der Waals surface area contributed by atoms with Crippen LogP contribution in [0.2, 0.25) is 0 Å². The van der Waals surface area contributed by atoms with Crippen LogP contribution in [-0.4, -0.2) is 38.7 Å². The van der Waals surface area contributed by atoms with Gasteiger partial charge in [0.05, 0.1) is 39.1 Å². The summed E-state index contributed by atoms with van der Waals surface area (Å²) >= 11 is 0. The lowest BCUT2D eigenvalue weighted by Crippen LogP contribution is -2.39. The van der Waals surface area contributed by atoms with Gasteiger partial charge in [-0.25, -0.2) is 4.99 Å². The Balaban J connectivity index is 1.95. The van der Waals surface area contributed by atoms with Crippen molar-refractivity contribution in [3.8, 4) is 23.6 Å². The summed E-state index contributed by atoms with van der Waals surface area (Å²) in [5.74, 6) is -1.20. The van der Waals surface area contributed by atoms with E-state index < -0.39 is 22.7 Å². The zero-order valence-corrected chi connectivity index (χ0v) is 14.6. The Morgan fingerprint density at radius 2 is 2.04 bits per heavy atom. The molecule has 2 fully saturated rings. The lowest BCUT2D eigenvalue weighted by atomic mass is 9.93. The van der Waals surface area contributed by atoms with Crippen molar-refractivity contribution in [1.29, 1.82) is 10.5 Å². The first-order valence-electron chi connectivity index (χ1n) is 8.19. The fourth-order valence-corrected chi connectivity index (χ4v) is 4.47. The van der Waals surface area contributed by atoms with Gasteiger partial charge in [0.2, 0.25) is 0 Å². The highest BCUT2D eigenvalue weighted by molar-refractivity contribution is 6.00. The first-order valence-corrected chi connectivity index (χ1v) is 8.19. The maximum absolute atomic E-state index is 10.2. The number of fused-ring (bicyclic) bond motifs is 2. The molecule has 1 aromatic carbocycles. The SMILES string of the molecule is COc1cccc([C@H]2[C@@]3(C#N)[C@]4(N=C(N)[C@@]23C#N)OC[C@@H](C)O4)c1OC. The first kappa shape index (κ1) is 16.6. The van der Waals surface area contributed by atoms with Crippen LogP contribution in [0.25, 0.3) is 0 Å². The predicted molar refractivity (Wildman–Crippen MR) is 89.2 cm³/mol. The third kappa shape index (κ3) is 1.53. The van der Waals surface area contributed by atoms with Gasteiger partial charge in [0.25, 0.3) is 5.91 Å². The molecule has 8 heteroatoms. The van der Waals surface area contributed by atoms with Crippen LogP contribution in [0, 0.1) is 33.5 Å². The predicted octanol–water partition coefficient (Wildman–Crippen LogP) is 1.28. The normalized spacial score (nSPS) is 39.7. The van der Waals surface area contributed by atoms with E-state index in [1.54, 1.807) is 18.2 Å². The van der Waals surface area contributed by atoms with Crippen LogP contribution in [0.5, 0.6) is 11.5 Å². The molecule has 8 nitrogen and oxygen atoms in total. The van der Waals surface area contributed by atoms with E-state index in [1.165, 1.54) is 14.2 Å². The van der Waals surface area contributed by atoms with Gasteiger partial charge in [0, 0.05) is 11.5 Å². The van der Waals surface area contributed by atoms with Gasteiger partial charge in [-0.1, -0.05) is 12.1 Å². The van der Waals surface area contributed by atoms with Crippen molar-refractivity contribution < 1.29 is 18.9 Å². The Labute approximate surface area is 150 Å². The van der Waals surface area contributed by atoms with Crippen molar-refractivity contribution in [2.45, 2.75) is 24.9 Å². The number of nitrogens with two attached hydrogens (primary N) is 1. The molecule has 2 heterocycles. The highest BCUT2D eigenvalue weighted by atomic mass is 16.8. The van der Waals surface area contributed by atoms with Crippen molar-refractivity contribution >= 4 is 5.84 Å². The highest BCUT2D eigenvalue weighted by Crippen LogP contribution is 2.83. The second-order valence-corrected chi connectivity index (χ2v) is 6.67. The standard InChI is InChI=1S/C18H18N4O4/c1-10-7-25-18(26-10)17(9-20)14(16(17,8-19)15(21)22-18)11-5-4-6-12(23-2)13(11)24-3/h4-6,10,14H,7H2,1-3H3,(H2,21,22)/t10-,14-,16-,17-,18+/m1/s1. The molecule has 4 rings (SSSR count). The van der Waals surface area contributed by atoms with Crippen molar-refractivity contribution in [1.82, 2.24) is 0 Å². The summed E-state index contributed by atoms with van der Waals surface area (Å²) < 4.78 is 22.6. The third-order valence-electron chi connectivity index (χ3n) is 5.55. The topological polar surface area (TPSA) is 123 Å². The number of benzene rings is 1. The molecule has 0 amide bonds. The first-order chi connectivity index (χ1) is 12.5. The quantitative estimate of drug-likeness (QED) is 0.867. The van der Waals surface area contributed by atoms with E-state index in [2.05, 4.69) is 17.1 Å². The van der Waals surface area contributed by atoms with Crippen molar-refractivity contribution in [2.24, 2.45) is 21.6 Å². The van der Waals surface area contributed by atoms with E-state index in [0.717, 1.165) is 0 Å².